The number of anilines is 1. The third-order valence-corrected chi connectivity index (χ3v) is 2.89. The van der Waals surface area contributed by atoms with E-state index in [1.807, 2.05) is 6.07 Å². The summed E-state index contributed by atoms with van der Waals surface area (Å²) in [7, 11) is 1.81. The molecule has 76 valence electrons. The average molecular weight is 192 g/mol. The molecular weight excluding hydrogens is 176 g/mol. The van der Waals surface area contributed by atoms with E-state index in [0.717, 1.165) is 5.82 Å². The normalized spacial score (nSPS) is 17.2. The van der Waals surface area contributed by atoms with Gasteiger partial charge in [0.1, 0.15) is 5.82 Å². The molecule has 0 atom stereocenters. The van der Waals surface area contributed by atoms with Crippen LogP contribution in [0, 0.1) is 0 Å². The summed E-state index contributed by atoms with van der Waals surface area (Å²) >= 11 is 0. The van der Waals surface area contributed by atoms with E-state index in [0.29, 0.717) is 6.04 Å². The van der Waals surface area contributed by atoms with Gasteiger partial charge in [0.2, 0.25) is 0 Å². The molecule has 1 aromatic heterocycles. The summed E-state index contributed by atoms with van der Waals surface area (Å²) < 4.78 is 1.66. The van der Waals surface area contributed by atoms with E-state index in [-0.39, 0.29) is 5.56 Å². The van der Waals surface area contributed by atoms with E-state index < -0.39 is 0 Å². The van der Waals surface area contributed by atoms with Crippen molar-refractivity contribution in [3.8, 4) is 0 Å². The zero-order valence-corrected chi connectivity index (χ0v) is 8.49. The van der Waals surface area contributed by atoms with Gasteiger partial charge in [0, 0.05) is 19.2 Å². The van der Waals surface area contributed by atoms with E-state index in [2.05, 4.69) is 5.32 Å². The van der Waals surface area contributed by atoms with Gasteiger partial charge in [-0.1, -0.05) is 18.9 Å². The second-order valence-electron chi connectivity index (χ2n) is 3.93. The summed E-state index contributed by atoms with van der Waals surface area (Å²) in [6.45, 7) is 0. The van der Waals surface area contributed by atoms with Crippen molar-refractivity contribution in [3.63, 3.8) is 0 Å². The van der Waals surface area contributed by atoms with Crippen molar-refractivity contribution in [2.24, 2.45) is 7.05 Å². The summed E-state index contributed by atoms with van der Waals surface area (Å²) in [5, 5.41) is 3.41. The van der Waals surface area contributed by atoms with Crippen molar-refractivity contribution < 1.29 is 0 Å². The van der Waals surface area contributed by atoms with Gasteiger partial charge in [-0.15, -0.1) is 0 Å². The summed E-state index contributed by atoms with van der Waals surface area (Å²) in [6, 6.07) is 5.90. The van der Waals surface area contributed by atoms with Crippen LogP contribution in [0.5, 0.6) is 0 Å². The number of hydrogen-bond acceptors (Lipinski definition) is 2. The number of hydrogen-bond donors (Lipinski definition) is 1. The minimum absolute atomic E-state index is 0.0491. The van der Waals surface area contributed by atoms with Crippen LogP contribution in [0.1, 0.15) is 25.7 Å². The van der Waals surface area contributed by atoms with Crippen LogP contribution < -0.4 is 10.9 Å². The molecule has 1 fully saturated rings. The van der Waals surface area contributed by atoms with Gasteiger partial charge in [-0.2, -0.15) is 0 Å². The Morgan fingerprint density at radius 1 is 1.36 bits per heavy atom. The van der Waals surface area contributed by atoms with E-state index in [9.17, 15) is 4.79 Å². The molecule has 0 unspecified atom stereocenters. The Hall–Kier alpha value is -1.25. The largest absolute Gasteiger partial charge is 0.369 e. The van der Waals surface area contributed by atoms with Gasteiger partial charge >= 0.3 is 0 Å². The van der Waals surface area contributed by atoms with E-state index in [4.69, 9.17) is 0 Å². The molecule has 0 aromatic carbocycles. The van der Waals surface area contributed by atoms with Crippen molar-refractivity contribution in [2.45, 2.75) is 31.7 Å². The summed E-state index contributed by atoms with van der Waals surface area (Å²) in [6.07, 6.45) is 5.06. The minimum atomic E-state index is 0.0491. The Balaban J connectivity index is 2.15. The highest BCUT2D eigenvalue weighted by molar-refractivity contribution is 5.36. The molecule has 1 aromatic rings. The molecule has 1 saturated carbocycles. The maximum Gasteiger partial charge on any atom is 0.251 e. The molecular formula is C11H16N2O. The number of pyridine rings is 1. The SMILES string of the molecule is Cn1c(NC2CCCC2)cccc1=O. The first-order valence-corrected chi connectivity index (χ1v) is 5.20. The fourth-order valence-electron chi connectivity index (χ4n) is 1.99. The lowest BCUT2D eigenvalue weighted by atomic mass is 10.2. The second kappa shape index (κ2) is 3.86. The third-order valence-electron chi connectivity index (χ3n) is 2.89. The van der Waals surface area contributed by atoms with Crippen LogP contribution in [0.4, 0.5) is 5.82 Å². The highest BCUT2D eigenvalue weighted by Crippen LogP contribution is 2.21. The molecule has 1 aliphatic rings. The Labute approximate surface area is 83.8 Å². The van der Waals surface area contributed by atoms with Crippen LogP contribution in [0.15, 0.2) is 23.0 Å². The van der Waals surface area contributed by atoms with Crippen molar-refractivity contribution in [2.75, 3.05) is 5.32 Å². The quantitative estimate of drug-likeness (QED) is 0.774. The van der Waals surface area contributed by atoms with Crippen LogP contribution in [0.25, 0.3) is 0 Å². The molecule has 0 aliphatic heterocycles. The monoisotopic (exact) mass is 192 g/mol. The first-order valence-electron chi connectivity index (χ1n) is 5.20. The minimum Gasteiger partial charge on any atom is -0.369 e. The van der Waals surface area contributed by atoms with Gasteiger partial charge in [-0.25, -0.2) is 0 Å². The number of rotatable bonds is 2. The van der Waals surface area contributed by atoms with E-state index in [1.54, 1.807) is 23.7 Å². The molecule has 3 nitrogen and oxygen atoms in total. The van der Waals surface area contributed by atoms with Crippen LogP contribution in [-0.4, -0.2) is 10.6 Å². The molecule has 14 heavy (non-hydrogen) atoms. The highest BCUT2D eigenvalue weighted by Gasteiger charge is 2.15. The first-order chi connectivity index (χ1) is 6.77. The maximum atomic E-state index is 11.3. The second-order valence-corrected chi connectivity index (χ2v) is 3.93. The summed E-state index contributed by atoms with van der Waals surface area (Å²) in [4.78, 5) is 11.3. The van der Waals surface area contributed by atoms with Gasteiger partial charge < -0.3 is 5.32 Å². The maximum absolute atomic E-state index is 11.3. The zero-order valence-electron chi connectivity index (χ0n) is 8.49. The van der Waals surface area contributed by atoms with Crippen LogP contribution in [0.2, 0.25) is 0 Å². The molecule has 0 bridgehead atoms. The first kappa shape index (κ1) is 9.31. The third kappa shape index (κ3) is 1.81. The predicted molar refractivity (Wildman–Crippen MR) is 57.6 cm³/mol. The Kier molecular flexibility index (Phi) is 2.57. The molecule has 0 saturated heterocycles. The van der Waals surface area contributed by atoms with Crippen molar-refractivity contribution in [1.82, 2.24) is 4.57 Å². The summed E-state index contributed by atoms with van der Waals surface area (Å²) in [5.74, 6) is 0.935. The van der Waals surface area contributed by atoms with Gasteiger partial charge in [-0.3, -0.25) is 9.36 Å². The standard InChI is InChI=1S/C11H16N2O/c1-13-10(7-4-8-11(13)14)12-9-5-2-3-6-9/h4,7-9,12H,2-3,5-6H2,1H3. The van der Waals surface area contributed by atoms with Gasteiger partial charge in [0.15, 0.2) is 0 Å². The molecule has 2 rings (SSSR count). The van der Waals surface area contributed by atoms with Crippen LogP contribution in [0.3, 0.4) is 0 Å². The molecule has 0 amide bonds. The Morgan fingerprint density at radius 2 is 2.07 bits per heavy atom. The van der Waals surface area contributed by atoms with E-state index >= 15 is 0 Å². The molecule has 1 heterocycles. The van der Waals surface area contributed by atoms with Gasteiger partial charge in [0.05, 0.1) is 0 Å². The molecule has 3 heteroatoms. The molecule has 1 aliphatic carbocycles. The smallest absolute Gasteiger partial charge is 0.251 e. The number of nitrogens with one attached hydrogen (secondary N) is 1. The molecule has 0 radical (unpaired) electrons. The van der Waals surface area contributed by atoms with Gasteiger partial charge in [0.25, 0.3) is 5.56 Å². The van der Waals surface area contributed by atoms with Crippen molar-refractivity contribution in [1.29, 1.82) is 0 Å². The van der Waals surface area contributed by atoms with Crippen LogP contribution >= 0.6 is 0 Å². The predicted octanol–water partition coefficient (Wildman–Crippen LogP) is 1.74. The fourth-order valence-corrected chi connectivity index (χ4v) is 1.99. The average Bonchev–Trinajstić information content (AvgIpc) is 2.66. The topological polar surface area (TPSA) is 34.0 Å². The van der Waals surface area contributed by atoms with Gasteiger partial charge in [-0.05, 0) is 18.9 Å². The van der Waals surface area contributed by atoms with Crippen molar-refractivity contribution >= 4 is 5.82 Å². The van der Waals surface area contributed by atoms with Crippen molar-refractivity contribution in [3.05, 3.63) is 28.6 Å². The molecule has 1 N–H and O–H groups in total. The lowest BCUT2D eigenvalue weighted by molar-refractivity contribution is 0.730. The summed E-state index contributed by atoms with van der Waals surface area (Å²) in [5.41, 5.74) is 0.0491. The highest BCUT2D eigenvalue weighted by atomic mass is 16.1. The lowest BCUT2D eigenvalue weighted by Crippen LogP contribution is -2.23. The Morgan fingerprint density at radius 3 is 2.79 bits per heavy atom. The number of nitrogens with zero attached hydrogens (tertiary/aromatic N) is 1. The zero-order chi connectivity index (χ0) is 9.97. The molecule has 0 spiro atoms. The van der Waals surface area contributed by atoms with Crippen LogP contribution in [-0.2, 0) is 7.05 Å². The van der Waals surface area contributed by atoms with E-state index in [1.165, 1.54) is 25.7 Å². The fraction of sp³-hybridized carbons (Fsp3) is 0.545. The number of aromatic nitrogens is 1. The Bertz CT molecular complexity index is 364. The lowest BCUT2D eigenvalue weighted by Gasteiger charge is -2.15.